The number of benzene rings is 2. The van der Waals surface area contributed by atoms with Gasteiger partial charge in [0.2, 0.25) is 0 Å². The first-order chi connectivity index (χ1) is 11.5. The summed E-state index contributed by atoms with van der Waals surface area (Å²) in [5.74, 6) is 0.333. The molecule has 0 atom stereocenters. The minimum atomic E-state index is -0.600. The molecule has 2 aromatic carbocycles. The Hall–Kier alpha value is -3.29. The summed E-state index contributed by atoms with van der Waals surface area (Å²) in [6.07, 6.45) is 0. The first kappa shape index (κ1) is 17.1. The van der Waals surface area contributed by atoms with Crippen molar-refractivity contribution in [2.45, 2.75) is 6.54 Å². The van der Waals surface area contributed by atoms with E-state index >= 15 is 0 Å². The number of carbonyl (C=O) groups excluding carboxylic acids is 1. The molecule has 0 radical (unpaired) electrons. The van der Waals surface area contributed by atoms with Crippen LogP contribution in [0.1, 0.15) is 5.56 Å². The van der Waals surface area contributed by atoms with Gasteiger partial charge in [-0.3, -0.25) is 14.9 Å². The van der Waals surface area contributed by atoms with Gasteiger partial charge in [-0.05, 0) is 29.8 Å². The zero-order valence-electron chi connectivity index (χ0n) is 12.9. The maximum absolute atomic E-state index is 11.7. The van der Waals surface area contributed by atoms with E-state index in [1.165, 1.54) is 0 Å². The Morgan fingerprint density at radius 2 is 1.83 bits per heavy atom. The van der Waals surface area contributed by atoms with Crippen molar-refractivity contribution in [2.75, 3.05) is 13.7 Å². The highest BCUT2D eigenvalue weighted by atomic mass is 16.6. The van der Waals surface area contributed by atoms with Gasteiger partial charge in [0.15, 0.2) is 6.61 Å². The standard InChI is InChI=1S/C16H16N2O6/c1-23-13-3-5-14(6-4-13)24-10-16(20)17-9-11-8-12(18(21)22)2-7-15(11)19/h2-8,19H,9-10H2,1H3,(H,17,20)/p-1. The molecule has 126 valence electrons. The van der Waals surface area contributed by atoms with E-state index in [1.54, 1.807) is 31.4 Å². The van der Waals surface area contributed by atoms with E-state index in [0.29, 0.717) is 11.5 Å². The zero-order valence-corrected chi connectivity index (χ0v) is 12.9. The predicted molar refractivity (Wildman–Crippen MR) is 82.9 cm³/mol. The molecule has 0 unspecified atom stereocenters. The topological polar surface area (TPSA) is 114 Å². The van der Waals surface area contributed by atoms with Crippen molar-refractivity contribution in [3.8, 4) is 17.2 Å². The van der Waals surface area contributed by atoms with Gasteiger partial charge < -0.3 is 19.9 Å². The van der Waals surface area contributed by atoms with E-state index in [2.05, 4.69) is 5.32 Å². The summed E-state index contributed by atoms with van der Waals surface area (Å²) in [4.78, 5) is 21.8. The molecular formula is C16H15N2O6-. The van der Waals surface area contributed by atoms with E-state index < -0.39 is 10.8 Å². The quantitative estimate of drug-likeness (QED) is 0.605. The number of nitrogens with zero attached hydrogens (tertiary/aromatic N) is 1. The lowest BCUT2D eigenvalue weighted by molar-refractivity contribution is -0.385. The highest BCUT2D eigenvalue weighted by Crippen LogP contribution is 2.20. The minimum absolute atomic E-state index is 0.106. The molecule has 0 spiro atoms. The first-order valence-electron chi connectivity index (χ1n) is 6.97. The number of non-ortho nitro benzene ring substituents is 1. The molecular weight excluding hydrogens is 316 g/mol. The molecule has 0 bridgehead atoms. The second-order valence-electron chi connectivity index (χ2n) is 4.79. The Kier molecular flexibility index (Phi) is 5.56. The Morgan fingerprint density at radius 1 is 1.17 bits per heavy atom. The molecule has 0 aliphatic carbocycles. The van der Waals surface area contributed by atoms with Crippen LogP contribution in [0.4, 0.5) is 5.69 Å². The fourth-order valence-electron chi connectivity index (χ4n) is 1.88. The molecule has 2 rings (SSSR count). The van der Waals surface area contributed by atoms with Gasteiger partial charge in [-0.1, -0.05) is 6.07 Å². The summed E-state index contributed by atoms with van der Waals surface area (Å²) in [7, 11) is 1.54. The van der Waals surface area contributed by atoms with Crippen LogP contribution in [0.2, 0.25) is 0 Å². The smallest absolute Gasteiger partial charge is 0.269 e. The molecule has 0 aromatic heterocycles. The molecule has 2 aromatic rings. The molecule has 0 saturated carbocycles. The molecule has 1 amide bonds. The number of methoxy groups -OCH3 is 1. The number of rotatable bonds is 7. The summed E-state index contributed by atoms with van der Waals surface area (Å²) in [5.41, 5.74) is -0.0599. The van der Waals surface area contributed by atoms with Gasteiger partial charge >= 0.3 is 0 Å². The number of nitro benzene ring substituents is 1. The lowest BCUT2D eigenvalue weighted by Crippen LogP contribution is -2.28. The van der Waals surface area contributed by atoms with Crippen LogP contribution in [0.3, 0.4) is 0 Å². The van der Waals surface area contributed by atoms with Gasteiger partial charge in [-0.25, -0.2) is 0 Å². The average Bonchev–Trinajstić information content (AvgIpc) is 2.59. The van der Waals surface area contributed by atoms with E-state index in [4.69, 9.17) is 9.47 Å². The highest BCUT2D eigenvalue weighted by molar-refractivity contribution is 5.77. The molecule has 1 N–H and O–H groups in total. The highest BCUT2D eigenvalue weighted by Gasteiger charge is 2.08. The third kappa shape index (κ3) is 4.60. The number of nitrogens with one attached hydrogen (secondary N) is 1. The van der Waals surface area contributed by atoms with Crippen LogP contribution in [0.25, 0.3) is 0 Å². The summed E-state index contributed by atoms with van der Waals surface area (Å²) in [6.45, 7) is -0.346. The maximum atomic E-state index is 11.7. The number of nitro groups is 1. The van der Waals surface area contributed by atoms with Crippen molar-refractivity contribution in [1.29, 1.82) is 0 Å². The van der Waals surface area contributed by atoms with Gasteiger partial charge in [0.1, 0.15) is 11.5 Å². The third-order valence-electron chi connectivity index (χ3n) is 3.16. The Labute approximate surface area is 137 Å². The fraction of sp³-hybridized carbons (Fsp3) is 0.188. The van der Waals surface area contributed by atoms with Crippen molar-refractivity contribution in [2.24, 2.45) is 0 Å². The molecule has 8 heteroatoms. The largest absolute Gasteiger partial charge is 0.872 e. The van der Waals surface area contributed by atoms with Crippen molar-refractivity contribution in [3.05, 3.63) is 58.1 Å². The van der Waals surface area contributed by atoms with Gasteiger partial charge in [-0.15, -0.1) is 5.75 Å². The molecule has 24 heavy (non-hydrogen) atoms. The van der Waals surface area contributed by atoms with Gasteiger partial charge in [0, 0.05) is 18.7 Å². The number of hydrogen-bond donors (Lipinski definition) is 1. The van der Waals surface area contributed by atoms with Gasteiger partial charge in [0.05, 0.1) is 12.0 Å². The second kappa shape index (κ2) is 7.82. The summed E-state index contributed by atoms with van der Waals surface area (Å²) < 4.78 is 10.3. The van der Waals surface area contributed by atoms with E-state index in [-0.39, 0.29) is 30.2 Å². The lowest BCUT2D eigenvalue weighted by atomic mass is 10.2. The molecule has 0 aliphatic heterocycles. The zero-order chi connectivity index (χ0) is 17.5. The number of ether oxygens (including phenoxy) is 2. The third-order valence-corrected chi connectivity index (χ3v) is 3.16. The Morgan fingerprint density at radius 3 is 2.46 bits per heavy atom. The molecule has 0 saturated heterocycles. The SMILES string of the molecule is COc1ccc(OCC(=O)NCc2cc([N+](=O)[O-])ccc2[O-])cc1. The van der Waals surface area contributed by atoms with Crippen molar-refractivity contribution in [1.82, 2.24) is 5.32 Å². The fourth-order valence-corrected chi connectivity index (χ4v) is 1.88. The van der Waals surface area contributed by atoms with Crippen molar-refractivity contribution < 1.29 is 24.3 Å². The van der Waals surface area contributed by atoms with E-state index in [0.717, 1.165) is 18.2 Å². The first-order valence-corrected chi connectivity index (χ1v) is 6.97. The van der Waals surface area contributed by atoms with E-state index in [1.807, 2.05) is 0 Å². The molecule has 0 aliphatic rings. The molecule has 0 fully saturated rings. The van der Waals surface area contributed by atoms with Gasteiger partial charge in [0.25, 0.3) is 11.6 Å². The average molecular weight is 331 g/mol. The number of hydrogen-bond acceptors (Lipinski definition) is 6. The maximum Gasteiger partial charge on any atom is 0.269 e. The van der Waals surface area contributed by atoms with Crippen LogP contribution in [0, 0.1) is 10.1 Å². The van der Waals surface area contributed by atoms with Crippen molar-refractivity contribution >= 4 is 11.6 Å². The Bertz CT molecular complexity index is 730. The normalized spacial score (nSPS) is 10.0. The lowest BCUT2D eigenvalue weighted by Gasteiger charge is -2.14. The van der Waals surface area contributed by atoms with Crippen LogP contribution < -0.4 is 19.9 Å². The number of amides is 1. The summed E-state index contributed by atoms with van der Waals surface area (Å²) >= 11 is 0. The minimum Gasteiger partial charge on any atom is -0.872 e. The predicted octanol–water partition coefficient (Wildman–Crippen LogP) is 1.37. The van der Waals surface area contributed by atoms with E-state index in [9.17, 15) is 20.0 Å². The summed E-state index contributed by atoms with van der Waals surface area (Å²) in [5, 5.41) is 24.8. The molecule has 8 nitrogen and oxygen atoms in total. The number of carbonyl (C=O) groups is 1. The van der Waals surface area contributed by atoms with Crippen LogP contribution in [0.15, 0.2) is 42.5 Å². The van der Waals surface area contributed by atoms with Crippen molar-refractivity contribution in [3.63, 3.8) is 0 Å². The monoisotopic (exact) mass is 331 g/mol. The van der Waals surface area contributed by atoms with Crippen LogP contribution in [-0.4, -0.2) is 24.5 Å². The van der Waals surface area contributed by atoms with Crippen LogP contribution in [-0.2, 0) is 11.3 Å². The molecule has 0 heterocycles. The van der Waals surface area contributed by atoms with Crippen LogP contribution >= 0.6 is 0 Å². The second-order valence-corrected chi connectivity index (χ2v) is 4.79. The Balaban J connectivity index is 1.86. The van der Waals surface area contributed by atoms with Crippen LogP contribution in [0.5, 0.6) is 17.2 Å². The summed E-state index contributed by atoms with van der Waals surface area (Å²) in [6, 6.07) is 10.1. The van der Waals surface area contributed by atoms with Gasteiger partial charge in [-0.2, -0.15) is 0 Å².